The first-order chi connectivity index (χ1) is 11.0. The highest BCUT2D eigenvalue weighted by molar-refractivity contribution is 7.89. The van der Waals surface area contributed by atoms with Crippen LogP contribution in [0.5, 0.6) is 5.75 Å². The maximum atomic E-state index is 12.3. The summed E-state index contributed by atoms with van der Waals surface area (Å²) in [6, 6.07) is 7.41. The minimum Gasteiger partial charge on any atom is -0.495 e. The Hall–Kier alpha value is -2.32. The maximum Gasteiger partial charge on any atom is 0.291 e. The van der Waals surface area contributed by atoms with Crippen LogP contribution >= 0.6 is 0 Å². The molecule has 0 radical (unpaired) electrons. The Balaban J connectivity index is 1.88. The van der Waals surface area contributed by atoms with Crippen LogP contribution in [-0.2, 0) is 10.0 Å². The van der Waals surface area contributed by atoms with Gasteiger partial charge in [-0.15, -0.1) is 0 Å². The van der Waals surface area contributed by atoms with Crippen molar-refractivity contribution in [3.8, 4) is 5.75 Å². The van der Waals surface area contributed by atoms with Gasteiger partial charge in [0.15, 0.2) is 5.76 Å². The summed E-state index contributed by atoms with van der Waals surface area (Å²) < 4.78 is 37.3. The molecule has 1 aliphatic rings. The van der Waals surface area contributed by atoms with E-state index in [2.05, 4.69) is 10.0 Å². The van der Waals surface area contributed by atoms with Crippen LogP contribution in [0.25, 0.3) is 0 Å². The second-order valence-electron chi connectivity index (χ2n) is 5.19. The van der Waals surface area contributed by atoms with Gasteiger partial charge in [-0.2, -0.15) is 0 Å². The third-order valence-electron chi connectivity index (χ3n) is 3.37. The van der Waals surface area contributed by atoms with Crippen LogP contribution in [0, 0.1) is 0 Å². The first-order valence-corrected chi connectivity index (χ1v) is 8.53. The minimum atomic E-state index is -3.61. The minimum absolute atomic E-state index is 0.00302. The van der Waals surface area contributed by atoms with Crippen molar-refractivity contribution in [3.63, 3.8) is 0 Å². The zero-order valence-electron chi connectivity index (χ0n) is 12.4. The van der Waals surface area contributed by atoms with E-state index in [0.717, 1.165) is 12.8 Å². The van der Waals surface area contributed by atoms with Gasteiger partial charge in [-0.05, 0) is 43.2 Å². The van der Waals surface area contributed by atoms with Gasteiger partial charge in [-0.25, -0.2) is 13.1 Å². The number of carbonyl (C=O) groups excluding carboxylic acids is 1. The van der Waals surface area contributed by atoms with Crippen LogP contribution in [0.15, 0.2) is 45.9 Å². The topological polar surface area (TPSA) is 97.6 Å². The molecule has 1 amide bonds. The van der Waals surface area contributed by atoms with Crippen LogP contribution in [0.1, 0.15) is 23.4 Å². The fraction of sp³-hybridized carbons (Fsp3) is 0.267. The van der Waals surface area contributed by atoms with Crippen LogP contribution in [0.3, 0.4) is 0 Å². The number of amides is 1. The van der Waals surface area contributed by atoms with Gasteiger partial charge in [0, 0.05) is 6.04 Å². The standard InChI is InChI=1S/C15H16N2O5S/c1-21-13-7-6-11(23(19,20)17-10-4-5-10)9-12(13)16-15(18)14-3-2-8-22-14/h2-3,6-10,17H,4-5H2,1H3,(H,16,18). The average Bonchev–Trinajstić information content (AvgIpc) is 3.15. The molecule has 2 N–H and O–H groups in total. The number of ether oxygens (including phenoxy) is 1. The van der Waals surface area contributed by atoms with E-state index in [1.54, 1.807) is 6.07 Å². The largest absolute Gasteiger partial charge is 0.495 e. The predicted octanol–water partition coefficient (Wildman–Crippen LogP) is 1.98. The van der Waals surface area contributed by atoms with E-state index < -0.39 is 15.9 Å². The van der Waals surface area contributed by atoms with Crippen LogP contribution in [0.4, 0.5) is 5.69 Å². The molecule has 0 bridgehead atoms. The second-order valence-corrected chi connectivity index (χ2v) is 6.90. The maximum absolute atomic E-state index is 12.3. The number of furan rings is 1. The van der Waals surface area contributed by atoms with Crippen LogP contribution in [-0.4, -0.2) is 27.5 Å². The lowest BCUT2D eigenvalue weighted by Crippen LogP contribution is -2.25. The molecule has 1 heterocycles. The molecule has 1 aliphatic carbocycles. The average molecular weight is 336 g/mol. The molecule has 0 aliphatic heterocycles. The summed E-state index contributed by atoms with van der Waals surface area (Å²) in [6.45, 7) is 0. The monoisotopic (exact) mass is 336 g/mol. The van der Waals surface area contributed by atoms with Gasteiger partial charge in [0.25, 0.3) is 5.91 Å². The fourth-order valence-corrected chi connectivity index (χ4v) is 3.36. The highest BCUT2D eigenvalue weighted by Crippen LogP contribution is 2.29. The molecule has 0 spiro atoms. The Morgan fingerprint density at radius 2 is 2.09 bits per heavy atom. The summed E-state index contributed by atoms with van der Waals surface area (Å²) in [5.74, 6) is -0.00954. The van der Waals surface area contributed by atoms with Crippen molar-refractivity contribution in [2.75, 3.05) is 12.4 Å². The number of anilines is 1. The quantitative estimate of drug-likeness (QED) is 0.840. The lowest BCUT2D eigenvalue weighted by molar-refractivity contribution is 0.0996. The lowest BCUT2D eigenvalue weighted by atomic mass is 10.3. The van der Waals surface area contributed by atoms with Crippen molar-refractivity contribution >= 4 is 21.6 Å². The van der Waals surface area contributed by atoms with E-state index in [0.29, 0.717) is 5.75 Å². The molecule has 3 rings (SSSR count). The molecule has 2 aromatic rings. The van der Waals surface area contributed by atoms with Crippen LogP contribution in [0.2, 0.25) is 0 Å². The SMILES string of the molecule is COc1ccc(S(=O)(=O)NC2CC2)cc1NC(=O)c1ccco1. The van der Waals surface area contributed by atoms with Crippen molar-refractivity contribution in [1.29, 1.82) is 0 Å². The summed E-state index contributed by atoms with van der Waals surface area (Å²) in [5, 5.41) is 2.60. The summed E-state index contributed by atoms with van der Waals surface area (Å²) in [5.41, 5.74) is 0.257. The molecule has 1 saturated carbocycles. The van der Waals surface area contributed by atoms with E-state index in [1.165, 1.54) is 37.6 Å². The van der Waals surface area contributed by atoms with E-state index >= 15 is 0 Å². The summed E-state index contributed by atoms with van der Waals surface area (Å²) in [4.78, 5) is 12.1. The van der Waals surface area contributed by atoms with Crippen molar-refractivity contribution in [3.05, 3.63) is 42.4 Å². The normalized spacial score (nSPS) is 14.5. The molecular weight excluding hydrogens is 320 g/mol. The number of sulfonamides is 1. The number of methoxy groups -OCH3 is 1. The van der Waals surface area contributed by atoms with Gasteiger partial charge in [-0.3, -0.25) is 4.79 Å². The number of benzene rings is 1. The number of rotatable bonds is 6. The summed E-state index contributed by atoms with van der Waals surface area (Å²) in [6.07, 6.45) is 3.07. The Morgan fingerprint density at radius 1 is 1.30 bits per heavy atom. The Morgan fingerprint density at radius 3 is 2.70 bits per heavy atom. The highest BCUT2D eigenvalue weighted by atomic mass is 32.2. The van der Waals surface area contributed by atoms with Crippen molar-refractivity contribution in [2.45, 2.75) is 23.8 Å². The van der Waals surface area contributed by atoms with E-state index in [-0.39, 0.29) is 22.4 Å². The molecule has 1 fully saturated rings. The Kier molecular flexibility index (Phi) is 4.10. The summed E-state index contributed by atoms with van der Waals surface area (Å²) in [7, 11) is -2.18. The van der Waals surface area contributed by atoms with E-state index in [4.69, 9.17) is 9.15 Å². The van der Waals surface area contributed by atoms with Crippen molar-refractivity contribution < 1.29 is 22.4 Å². The van der Waals surface area contributed by atoms with Gasteiger partial charge >= 0.3 is 0 Å². The summed E-state index contributed by atoms with van der Waals surface area (Å²) >= 11 is 0. The van der Waals surface area contributed by atoms with Crippen molar-refractivity contribution in [1.82, 2.24) is 4.72 Å². The predicted molar refractivity (Wildman–Crippen MR) is 83.0 cm³/mol. The Labute approximate surface area is 133 Å². The van der Waals surface area contributed by atoms with Crippen molar-refractivity contribution in [2.24, 2.45) is 0 Å². The zero-order chi connectivity index (χ0) is 16.4. The van der Waals surface area contributed by atoms with E-state index in [1.807, 2.05) is 0 Å². The van der Waals surface area contributed by atoms with E-state index in [9.17, 15) is 13.2 Å². The molecule has 0 atom stereocenters. The third kappa shape index (κ3) is 3.54. The zero-order valence-corrected chi connectivity index (χ0v) is 13.2. The molecule has 1 aromatic heterocycles. The number of hydrogen-bond acceptors (Lipinski definition) is 5. The molecule has 0 unspecified atom stereocenters. The van der Waals surface area contributed by atoms with Crippen LogP contribution < -0.4 is 14.8 Å². The molecule has 23 heavy (non-hydrogen) atoms. The third-order valence-corrected chi connectivity index (χ3v) is 4.89. The van der Waals surface area contributed by atoms with Gasteiger partial charge in [0.05, 0.1) is 24.0 Å². The molecule has 1 aromatic carbocycles. The molecule has 0 saturated heterocycles. The number of nitrogens with one attached hydrogen (secondary N) is 2. The van der Waals surface area contributed by atoms with Gasteiger partial charge in [-0.1, -0.05) is 0 Å². The van der Waals surface area contributed by atoms with Gasteiger partial charge in [0.1, 0.15) is 5.75 Å². The highest BCUT2D eigenvalue weighted by Gasteiger charge is 2.28. The van der Waals surface area contributed by atoms with Gasteiger partial charge in [0.2, 0.25) is 10.0 Å². The smallest absolute Gasteiger partial charge is 0.291 e. The Bertz CT molecular complexity index is 810. The molecule has 122 valence electrons. The second kappa shape index (κ2) is 6.05. The van der Waals surface area contributed by atoms with Gasteiger partial charge < -0.3 is 14.5 Å². The molecule has 7 nitrogen and oxygen atoms in total. The lowest BCUT2D eigenvalue weighted by Gasteiger charge is -2.12. The molecular formula is C15H16N2O5S. The molecule has 8 heteroatoms. The fourth-order valence-electron chi connectivity index (χ4n) is 2.03. The number of hydrogen-bond donors (Lipinski definition) is 2. The number of carbonyl (C=O) groups is 1. The first kappa shape index (κ1) is 15.6. The first-order valence-electron chi connectivity index (χ1n) is 7.05.